The van der Waals surface area contributed by atoms with Gasteiger partial charge in [-0.15, -0.1) is 11.3 Å². The van der Waals surface area contributed by atoms with Crippen LogP contribution in [0, 0.1) is 5.92 Å². The third-order valence-corrected chi connectivity index (χ3v) is 4.24. The third kappa shape index (κ3) is 6.82. The molecule has 1 N–H and O–H groups in total. The Bertz CT molecular complexity index is 393. The van der Waals surface area contributed by atoms with Crippen molar-refractivity contribution in [1.82, 2.24) is 15.2 Å². The Balaban J connectivity index is 2.47. The fraction of sp³-hybridized carbons (Fsp3) is 0.812. The first-order chi connectivity index (χ1) is 9.17. The van der Waals surface area contributed by atoms with Gasteiger partial charge in [-0.3, -0.25) is 4.90 Å². The molecule has 0 amide bonds. The fourth-order valence-corrected chi connectivity index (χ4v) is 2.84. The molecule has 0 aromatic carbocycles. The van der Waals surface area contributed by atoms with Crippen molar-refractivity contribution in [2.75, 3.05) is 7.05 Å². The number of nitrogens with one attached hydrogen (secondary N) is 1. The van der Waals surface area contributed by atoms with Gasteiger partial charge in [0.15, 0.2) is 0 Å². The molecule has 0 saturated carbocycles. The Morgan fingerprint density at radius 1 is 1.30 bits per heavy atom. The summed E-state index contributed by atoms with van der Waals surface area (Å²) in [5.74, 6) is 0.745. The van der Waals surface area contributed by atoms with Crippen LogP contribution in [0.4, 0.5) is 0 Å². The summed E-state index contributed by atoms with van der Waals surface area (Å²) in [5, 5.41) is 6.86. The standard InChI is InChI=1S/C16H31N3S/c1-12(2)8-13(3)19(7)10-14-11-20-15(18-14)9-17-16(4,5)6/h11-13,17H,8-10H2,1-7H3. The van der Waals surface area contributed by atoms with Gasteiger partial charge in [0.25, 0.3) is 0 Å². The molecule has 0 aliphatic carbocycles. The SMILES string of the molecule is CC(C)CC(C)N(C)Cc1csc(CNC(C)(C)C)n1. The average Bonchev–Trinajstić information content (AvgIpc) is 2.72. The maximum absolute atomic E-state index is 4.73. The van der Waals surface area contributed by atoms with Crippen LogP contribution in [-0.4, -0.2) is 28.5 Å². The number of hydrogen-bond donors (Lipinski definition) is 1. The monoisotopic (exact) mass is 297 g/mol. The molecule has 4 heteroatoms. The number of aromatic nitrogens is 1. The molecule has 1 rings (SSSR count). The van der Waals surface area contributed by atoms with Gasteiger partial charge in [-0.1, -0.05) is 13.8 Å². The lowest BCUT2D eigenvalue weighted by molar-refractivity contribution is 0.218. The molecule has 1 heterocycles. The molecule has 0 bridgehead atoms. The Morgan fingerprint density at radius 2 is 1.95 bits per heavy atom. The van der Waals surface area contributed by atoms with Gasteiger partial charge in [0.05, 0.1) is 5.69 Å². The van der Waals surface area contributed by atoms with E-state index in [1.165, 1.54) is 17.1 Å². The van der Waals surface area contributed by atoms with Gasteiger partial charge in [0.1, 0.15) is 5.01 Å². The van der Waals surface area contributed by atoms with Crippen molar-refractivity contribution in [1.29, 1.82) is 0 Å². The van der Waals surface area contributed by atoms with E-state index in [1.807, 2.05) is 0 Å². The van der Waals surface area contributed by atoms with Crippen LogP contribution in [0.2, 0.25) is 0 Å². The van der Waals surface area contributed by atoms with Crippen molar-refractivity contribution in [2.45, 2.75) is 72.6 Å². The highest BCUT2D eigenvalue weighted by molar-refractivity contribution is 7.09. The van der Waals surface area contributed by atoms with Crippen LogP contribution in [0.25, 0.3) is 0 Å². The Morgan fingerprint density at radius 3 is 2.50 bits per heavy atom. The number of rotatable bonds is 7. The average molecular weight is 298 g/mol. The molecule has 1 atom stereocenters. The second-order valence-electron chi connectivity index (χ2n) is 7.23. The normalized spacial score (nSPS) is 14.2. The van der Waals surface area contributed by atoms with Crippen LogP contribution in [0.5, 0.6) is 0 Å². The summed E-state index contributed by atoms with van der Waals surface area (Å²) >= 11 is 1.76. The minimum Gasteiger partial charge on any atom is -0.306 e. The largest absolute Gasteiger partial charge is 0.306 e. The van der Waals surface area contributed by atoms with Crippen molar-refractivity contribution in [2.24, 2.45) is 5.92 Å². The van der Waals surface area contributed by atoms with Gasteiger partial charge in [-0.05, 0) is 47.1 Å². The van der Waals surface area contributed by atoms with Crippen molar-refractivity contribution in [3.05, 3.63) is 16.1 Å². The summed E-state index contributed by atoms with van der Waals surface area (Å²) in [7, 11) is 2.19. The Hall–Kier alpha value is -0.450. The zero-order chi connectivity index (χ0) is 15.3. The summed E-state index contributed by atoms with van der Waals surface area (Å²) in [5.41, 5.74) is 1.34. The van der Waals surface area contributed by atoms with E-state index in [2.05, 4.69) is 64.2 Å². The van der Waals surface area contributed by atoms with E-state index in [0.717, 1.165) is 19.0 Å². The molecule has 0 radical (unpaired) electrons. The second kappa shape index (κ2) is 7.53. The van der Waals surface area contributed by atoms with Crippen molar-refractivity contribution in [3.63, 3.8) is 0 Å². The Labute approximate surface area is 128 Å². The van der Waals surface area contributed by atoms with Gasteiger partial charge >= 0.3 is 0 Å². The molecule has 3 nitrogen and oxygen atoms in total. The van der Waals surface area contributed by atoms with Crippen molar-refractivity contribution < 1.29 is 0 Å². The lowest BCUT2D eigenvalue weighted by atomic mass is 10.0. The molecule has 0 aliphatic heterocycles. The van der Waals surface area contributed by atoms with Crippen LogP contribution >= 0.6 is 11.3 Å². The quantitative estimate of drug-likeness (QED) is 0.827. The van der Waals surface area contributed by atoms with Crippen molar-refractivity contribution >= 4 is 11.3 Å². The van der Waals surface area contributed by atoms with Gasteiger partial charge in [-0.2, -0.15) is 0 Å². The van der Waals surface area contributed by atoms with E-state index >= 15 is 0 Å². The van der Waals surface area contributed by atoms with Crippen LogP contribution in [-0.2, 0) is 13.1 Å². The van der Waals surface area contributed by atoms with Gasteiger partial charge < -0.3 is 5.32 Å². The van der Waals surface area contributed by atoms with Crippen molar-refractivity contribution in [3.8, 4) is 0 Å². The fourth-order valence-electron chi connectivity index (χ4n) is 2.12. The van der Waals surface area contributed by atoms with Crippen LogP contribution < -0.4 is 5.32 Å². The molecule has 1 aromatic rings. The molecule has 20 heavy (non-hydrogen) atoms. The molecular formula is C16H31N3S. The zero-order valence-corrected chi connectivity index (χ0v) is 15.0. The van der Waals surface area contributed by atoms with E-state index < -0.39 is 0 Å². The molecule has 0 saturated heterocycles. The van der Waals surface area contributed by atoms with E-state index in [0.29, 0.717) is 6.04 Å². The Kier molecular flexibility index (Phi) is 6.62. The highest BCUT2D eigenvalue weighted by atomic mass is 32.1. The van der Waals surface area contributed by atoms with Gasteiger partial charge in [0.2, 0.25) is 0 Å². The van der Waals surface area contributed by atoms with Crippen LogP contribution in [0.15, 0.2) is 5.38 Å². The summed E-state index contributed by atoms with van der Waals surface area (Å²) in [4.78, 5) is 7.13. The summed E-state index contributed by atoms with van der Waals surface area (Å²) in [6.07, 6.45) is 1.24. The van der Waals surface area contributed by atoms with E-state index in [1.54, 1.807) is 11.3 Å². The lowest BCUT2D eigenvalue weighted by Crippen LogP contribution is -2.35. The molecule has 0 spiro atoms. The van der Waals surface area contributed by atoms with Crippen LogP contribution in [0.1, 0.15) is 58.7 Å². The molecule has 0 fully saturated rings. The molecule has 0 aliphatic rings. The summed E-state index contributed by atoms with van der Waals surface area (Å²) in [6.45, 7) is 15.2. The summed E-state index contributed by atoms with van der Waals surface area (Å²) in [6, 6.07) is 0.604. The molecule has 1 aromatic heterocycles. The van der Waals surface area contributed by atoms with Gasteiger partial charge in [0, 0.05) is 30.1 Å². The number of hydrogen-bond acceptors (Lipinski definition) is 4. The number of thiazole rings is 1. The lowest BCUT2D eigenvalue weighted by Gasteiger charge is -2.25. The minimum atomic E-state index is 0.147. The minimum absolute atomic E-state index is 0.147. The first kappa shape index (κ1) is 17.6. The maximum Gasteiger partial charge on any atom is 0.107 e. The smallest absolute Gasteiger partial charge is 0.107 e. The summed E-state index contributed by atoms with van der Waals surface area (Å²) < 4.78 is 0. The topological polar surface area (TPSA) is 28.2 Å². The maximum atomic E-state index is 4.73. The molecular weight excluding hydrogens is 266 g/mol. The predicted octanol–water partition coefficient (Wildman–Crippen LogP) is 3.90. The first-order valence-corrected chi connectivity index (χ1v) is 8.44. The van der Waals surface area contributed by atoms with E-state index in [9.17, 15) is 0 Å². The highest BCUT2D eigenvalue weighted by Crippen LogP contribution is 2.16. The molecule has 116 valence electrons. The zero-order valence-electron chi connectivity index (χ0n) is 14.2. The van der Waals surface area contributed by atoms with E-state index in [-0.39, 0.29) is 5.54 Å². The first-order valence-electron chi connectivity index (χ1n) is 7.56. The molecule has 1 unspecified atom stereocenters. The second-order valence-corrected chi connectivity index (χ2v) is 8.17. The third-order valence-electron chi connectivity index (χ3n) is 3.35. The van der Waals surface area contributed by atoms with Crippen LogP contribution in [0.3, 0.4) is 0 Å². The number of nitrogens with zero attached hydrogens (tertiary/aromatic N) is 2. The van der Waals surface area contributed by atoms with Gasteiger partial charge in [-0.25, -0.2) is 4.98 Å². The predicted molar refractivity (Wildman–Crippen MR) is 89.1 cm³/mol. The van der Waals surface area contributed by atoms with E-state index in [4.69, 9.17) is 4.98 Å². The highest BCUT2D eigenvalue weighted by Gasteiger charge is 2.14.